The van der Waals surface area contributed by atoms with Crippen molar-refractivity contribution in [3.63, 3.8) is 0 Å². The summed E-state index contributed by atoms with van der Waals surface area (Å²) in [5, 5.41) is 46.3. The van der Waals surface area contributed by atoms with Crippen LogP contribution < -0.4 is 0 Å². The number of hydrogen-bond acceptors (Lipinski definition) is 10. The summed E-state index contributed by atoms with van der Waals surface area (Å²) < 4.78 is 0. The van der Waals surface area contributed by atoms with Crippen LogP contribution in [0.5, 0.6) is 0 Å². The van der Waals surface area contributed by atoms with Gasteiger partial charge >= 0.3 is 11.9 Å². The average molecular weight is 418 g/mol. The molecule has 0 saturated heterocycles. The number of allylic oxidation sites excluding steroid dienone is 2. The molecule has 0 fully saturated rings. The fourth-order valence-electron chi connectivity index (χ4n) is 1.93. The molecule has 13 heteroatoms. The molecule has 4 aliphatic rings. The van der Waals surface area contributed by atoms with Crippen LogP contribution in [0, 0.1) is 0 Å². The molecule has 0 amide bonds. The van der Waals surface area contributed by atoms with Gasteiger partial charge in [-0.2, -0.15) is 20.5 Å². The van der Waals surface area contributed by atoms with E-state index in [2.05, 4.69) is 40.9 Å². The van der Waals surface area contributed by atoms with Gasteiger partial charge in [-0.1, -0.05) is 0 Å². The smallest absolute Gasteiger partial charge is 0.339 e. The van der Waals surface area contributed by atoms with Crippen LogP contribution in [0.25, 0.3) is 0 Å². The molecule has 0 aromatic carbocycles. The van der Waals surface area contributed by atoms with Crippen molar-refractivity contribution >= 4 is 11.9 Å². The number of azo groups is 4. The van der Waals surface area contributed by atoms with Gasteiger partial charge in [-0.3, -0.25) is 0 Å². The van der Waals surface area contributed by atoms with E-state index in [1.54, 1.807) is 12.2 Å². The minimum atomic E-state index is -1.07. The Kier molecular flexibility index (Phi) is 6.33. The minimum Gasteiger partial charge on any atom is -0.478 e. The maximum Gasteiger partial charge on any atom is 0.339 e. The van der Waals surface area contributed by atoms with E-state index in [1.165, 1.54) is 24.8 Å². The fourth-order valence-corrected chi connectivity index (χ4v) is 1.93. The molecule has 0 atom stereocenters. The number of carboxylic acid groups (broad SMARTS) is 2. The van der Waals surface area contributed by atoms with Gasteiger partial charge in [0.15, 0.2) is 0 Å². The number of hydrogen-bond donors (Lipinski definition) is 2. The normalized spacial score (nSPS) is 23.3. The van der Waals surface area contributed by atoms with Crippen molar-refractivity contribution in [3.05, 3.63) is 70.9 Å². The Morgan fingerprint density at radius 2 is 1.07 bits per heavy atom. The van der Waals surface area contributed by atoms with Gasteiger partial charge in [0.1, 0.15) is 33.9 Å². The van der Waals surface area contributed by atoms with E-state index < -0.39 is 11.9 Å². The first-order valence-corrected chi connectivity index (χ1v) is 6.90. The van der Waals surface area contributed by atoms with Gasteiger partial charge in [0, 0.05) is 19.5 Å². The maximum atomic E-state index is 10.6. The summed E-state index contributed by atoms with van der Waals surface area (Å²) in [4.78, 5) is 21.3. The van der Waals surface area contributed by atoms with Crippen LogP contribution in [0.3, 0.4) is 0 Å². The summed E-state index contributed by atoms with van der Waals surface area (Å²) in [5.41, 5.74) is 1.45. The molecule has 0 unspecified atom stereocenters. The third-order valence-corrected chi connectivity index (χ3v) is 3.07. The van der Waals surface area contributed by atoms with Crippen LogP contribution >= 0.6 is 0 Å². The summed E-state index contributed by atoms with van der Waals surface area (Å²) in [5.74, 6) is -2.13. The number of nitrogens with zero attached hydrogens (tertiary/aromatic N) is 8. The van der Waals surface area contributed by atoms with E-state index in [-0.39, 0.29) is 42.0 Å². The maximum absolute atomic E-state index is 10.6. The SMILES string of the molecule is O=C(O)C1=CN=NC1=C1C=CN=N1.O=C(O)C1=CN=NC1=C1C=CN=N1.[Zn]. The molecule has 4 aliphatic heterocycles. The van der Waals surface area contributed by atoms with Gasteiger partial charge in [0.2, 0.25) is 0 Å². The van der Waals surface area contributed by atoms with Crippen LogP contribution in [0.15, 0.2) is 112 Å². The van der Waals surface area contributed by atoms with Crippen LogP contribution in [0.4, 0.5) is 0 Å². The largest absolute Gasteiger partial charge is 0.478 e. The van der Waals surface area contributed by atoms with Crippen molar-refractivity contribution < 1.29 is 39.3 Å². The van der Waals surface area contributed by atoms with Crippen LogP contribution in [-0.4, -0.2) is 22.2 Å². The van der Waals surface area contributed by atoms with E-state index in [4.69, 9.17) is 10.2 Å². The average Bonchev–Trinajstić information content (AvgIpc) is 3.44. The molecule has 0 saturated carbocycles. The van der Waals surface area contributed by atoms with E-state index in [0.717, 1.165) is 0 Å². The van der Waals surface area contributed by atoms with Crippen molar-refractivity contribution in [1.82, 2.24) is 0 Å². The van der Waals surface area contributed by atoms with Gasteiger partial charge < -0.3 is 10.2 Å². The fraction of sp³-hybridized carbons (Fsp3) is 0. The van der Waals surface area contributed by atoms with Gasteiger partial charge in [0.25, 0.3) is 0 Å². The summed E-state index contributed by atoms with van der Waals surface area (Å²) >= 11 is 0. The van der Waals surface area contributed by atoms with E-state index in [0.29, 0.717) is 11.4 Å². The Balaban J connectivity index is 0.000000187. The predicted molar refractivity (Wildman–Crippen MR) is 83.2 cm³/mol. The Bertz CT molecular complexity index is 887. The number of carboxylic acids is 2. The molecule has 12 nitrogen and oxygen atoms in total. The van der Waals surface area contributed by atoms with Gasteiger partial charge in [0.05, 0.1) is 24.8 Å². The van der Waals surface area contributed by atoms with Gasteiger partial charge in [-0.05, 0) is 12.2 Å². The molecule has 0 aromatic heterocycles. The summed E-state index contributed by atoms with van der Waals surface area (Å²) in [6.07, 6.45) is 8.47. The standard InChI is InChI=1S/2C7H4N4O2.Zn/c2*12-7(13)4-3-9-11-6(4)5-1-2-8-10-5;/h2*1-3H,(H,12,13);. The molecule has 0 bridgehead atoms. The Morgan fingerprint density at radius 1 is 0.667 bits per heavy atom. The zero-order valence-corrected chi connectivity index (χ0v) is 16.4. The van der Waals surface area contributed by atoms with Crippen LogP contribution in [0.1, 0.15) is 0 Å². The Labute approximate surface area is 163 Å². The quantitative estimate of drug-likeness (QED) is 0.656. The van der Waals surface area contributed by atoms with E-state index in [9.17, 15) is 9.59 Å². The van der Waals surface area contributed by atoms with Crippen LogP contribution in [0.2, 0.25) is 0 Å². The number of carbonyl (C=O) groups is 2. The first kappa shape index (κ1) is 19.7. The van der Waals surface area contributed by atoms with Crippen molar-refractivity contribution in [1.29, 1.82) is 0 Å². The topological polar surface area (TPSA) is 173 Å². The molecular formula is C14H8N8O4Zn. The first-order valence-electron chi connectivity index (χ1n) is 6.90. The molecule has 2 N–H and O–H groups in total. The molecule has 0 aromatic rings. The third-order valence-electron chi connectivity index (χ3n) is 3.07. The second-order valence-corrected chi connectivity index (χ2v) is 4.66. The van der Waals surface area contributed by atoms with E-state index in [1.807, 2.05) is 0 Å². The minimum absolute atomic E-state index is 0. The van der Waals surface area contributed by atoms with E-state index >= 15 is 0 Å². The molecule has 130 valence electrons. The zero-order chi connectivity index (χ0) is 18.5. The second-order valence-electron chi connectivity index (χ2n) is 4.66. The molecular weight excluding hydrogens is 410 g/mol. The third kappa shape index (κ3) is 4.33. The van der Waals surface area contributed by atoms with Gasteiger partial charge in [-0.15, -0.1) is 20.5 Å². The van der Waals surface area contributed by atoms with Crippen LogP contribution in [-0.2, 0) is 29.1 Å². The summed E-state index contributed by atoms with van der Waals surface area (Å²) in [7, 11) is 0. The molecule has 0 radical (unpaired) electrons. The Morgan fingerprint density at radius 3 is 1.37 bits per heavy atom. The zero-order valence-electron chi connectivity index (χ0n) is 13.5. The first-order chi connectivity index (χ1) is 12.6. The van der Waals surface area contributed by atoms with Crippen molar-refractivity contribution in [3.8, 4) is 0 Å². The van der Waals surface area contributed by atoms with Crippen molar-refractivity contribution in [2.45, 2.75) is 0 Å². The Hall–Kier alpha value is -3.60. The molecule has 0 spiro atoms. The molecule has 4 heterocycles. The van der Waals surface area contributed by atoms with Crippen molar-refractivity contribution in [2.75, 3.05) is 0 Å². The molecule has 0 aliphatic carbocycles. The summed E-state index contributed by atoms with van der Waals surface area (Å²) in [6, 6.07) is 0. The monoisotopic (exact) mass is 416 g/mol. The molecule has 4 rings (SSSR count). The predicted octanol–water partition coefficient (Wildman–Crippen LogP) is 3.22. The van der Waals surface area contributed by atoms with Gasteiger partial charge in [-0.25, -0.2) is 9.59 Å². The molecule has 27 heavy (non-hydrogen) atoms. The summed E-state index contributed by atoms with van der Waals surface area (Å²) in [6.45, 7) is 0. The van der Waals surface area contributed by atoms with Crippen molar-refractivity contribution in [2.24, 2.45) is 40.9 Å². The second kappa shape index (κ2) is 8.67. The number of aliphatic carboxylic acids is 2. The number of rotatable bonds is 2.